The third-order valence-electron chi connectivity index (χ3n) is 7.33. The summed E-state index contributed by atoms with van der Waals surface area (Å²) in [4.78, 5) is 0. The fraction of sp³-hybridized carbons (Fsp3) is 0.314. The third-order valence-corrected chi connectivity index (χ3v) is 7.33. The van der Waals surface area contributed by atoms with Crippen molar-refractivity contribution in [2.24, 2.45) is 0 Å². The van der Waals surface area contributed by atoms with Crippen LogP contribution >= 0.6 is 0 Å². The van der Waals surface area contributed by atoms with Crippen LogP contribution in [0, 0.1) is 0 Å². The lowest BCUT2D eigenvalue weighted by molar-refractivity contribution is 0.324. The molecule has 0 aromatic heterocycles. The Bertz CT molecular complexity index is 1540. The summed E-state index contributed by atoms with van der Waals surface area (Å²) in [6.45, 7) is 0. The van der Waals surface area contributed by atoms with Crippen LogP contribution in [0.4, 0.5) is 0 Å². The summed E-state index contributed by atoms with van der Waals surface area (Å²) >= 11 is 0. The molecule has 0 radical (unpaired) electrons. The highest BCUT2D eigenvalue weighted by Gasteiger charge is 2.19. The van der Waals surface area contributed by atoms with Crippen molar-refractivity contribution < 1.29 is 43.0 Å². The van der Waals surface area contributed by atoms with Gasteiger partial charge >= 0.3 is 0 Å². The number of ether oxygens (including phenoxy) is 8. The van der Waals surface area contributed by atoms with Gasteiger partial charge in [0.25, 0.3) is 0 Å². The molecule has 0 heterocycles. The normalized spacial score (nSPS) is 10.6. The number of aryl methyl sites for hydroxylation is 4. The Morgan fingerprint density at radius 3 is 1.64 bits per heavy atom. The van der Waals surface area contributed by atoms with Crippen molar-refractivity contribution in [2.45, 2.75) is 25.7 Å². The maximum absolute atomic E-state index is 10.9. The van der Waals surface area contributed by atoms with Gasteiger partial charge in [-0.05, 0) is 90.4 Å². The van der Waals surface area contributed by atoms with Gasteiger partial charge in [-0.1, -0.05) is 12.1 Å². The van der Waals surface area contributed by atoms with Gasteiger partial charge in [0, 0.05) is 6.07 Å². The molecule has 0 aliphatic carbocycles. The van der Waals surface area contributed by atoms with Gasteiger partial charge in [0.15, 0.2) is 34.5 Å². The Balaban J connectivity index is 1.62. The predicted octanol–water partition coefficient (Wildman–Crippen LogP) is 6.82. The minimum Gasteiger partial charge on any atom is -0.504 e. The summed E-state index contributed by atoms with van der Waals surface area (Å²) in [6, 6.07) is 19.0. The number of benzene rings is 4. The van der Waals surface area contributed by atoms with Gasteiger partial charge in [-0.3, -0.25) is 0 Å². The van der Waals surface area contributed by atoms with Crippen LogP contribution in [0.1, 0.15) is 22.3 Å². The van der Waals surface area contributed by atoms with Crippen molar-refractivity contribution in [1.29, 1.82) is 0 Å². The first-order valence-corrected chi connectivity index (χ1v) is 14.1. The van der Waals surface area contributed by atoms with E-state index in [0.717, 1.165) is 34.4 Å². The van der Waals surface area contributed by atoms with Gasteiger partial charge in [-0.15, -0.1) is 0 Å². The number of rotatable bonds is 15. The van der Waals surface area contributed by atoms with E-state index in [1.54, 1.807) is 54.8 Å². The number of phenolic OH excluding ortho intramolecular Hbond substituents is 1. The van der Waals surface area contributed by atoms with Crippen LogP contribution in [-0.4, -0.2) is 54.9 Å². The molecule has 44 heavy (non-hydrogen) atoms. The average molecular weight is 605 g/mol. The molecule has 0 fully saturated rings. The molecule has 0 bridgehead atoms. The summed E-state index contributed by atoms with van der Waals surface area (Å²) in [7, 11) is 11.1. The largest absolute Gasteiger partial charge is 0.504 e. The van der Waals surface area contributed by atoms with Gasteiger partial charge in [-0.25, -0.2) is 0 Å². The Morgan fingerprint density at radius 1 is 0.455 bits per heavy atom. The van der Waals surface area contributed by atoms with Crippen LogP contribution in [0.3, 0.4) is 0 Å². The van der Waals surface area contributed by atoms with Crippen LogP contribution in [0.5, 0.6) is 57.5 Å². The molecule has 0 aliphatic rings. The van der Waals surface area contributed by atoms with Gasteiger partial charge in [0.2, 0.25) is 11.5 Å². The average Bonchev–Trinajstić information content (AvgIpc) is 3.05. The molecule has 1 N–H and O–H groups in total. The number of aromatic hydroxyl groups is 1. The van der Waals surface area contributed by atoms with E-state index in [2.05, 4.69) is 6.07 Å². The molecule has 0 saturated heterocycles. The molecule has 0 unspecified atom stereocenters. The van der Waals surface area contributed by atoms with E-state index in [9.17, 15) is 5.11 Å². The number of phenols is 1. The fourth-order valence-corrected chi connectivity index (χ4v) is 5.07. The van der Waals surface area contributed by atoms with E-state index < -0.39 is 0 Å². The predicted molar refractivity (Wildman–Crippen MR) is 168 cm³/mol. The van der Waals surface area contributed by atoms with Crippen molar-refractivity contribution in [3.05, 3.63) is 82.9 Å². The van der Waals surface area contributed by atoms with Crippen molar-refractivity contribution in [1.82, 2.24) is 0 Å². The van der Waals surface area contributed by atoms with Crippen LogP contribution in [0.15, 0.2) is 60.7 Å². The Hall–Kier alpha value is -4.92. The Morgan fingerprint density at radius 2 is 1.05 bits per heavy atom. The molecule has 0 atom stereocenters. The second-order valence-corrected chi connectivity index (χ2v) is 9.95. The lowest BCUT2D eigenvalue weighted by Crippen LogP contribution is -2.01. The molecule has 9 nitrogen and oxygen atoms in total. The highest BCUT2D eigenvalue weighted by Crippen LogP contribution is 2.45. The molecule has 0 aliphatic heterocycles. The van der Waals surface area contributed by atoms with Crippen molar-refractivity contribution in [3.63, 3.8) is 0 Å². The molecular weight excluding hydrogens is 564 g/mol. The zero-order valence-electron chi connectivity index (χ0n) is 26.3. The van der Waals surface area contributed by atoms with E-state index in [0.29, 0.717) is 59.5 Å². The third kappa shape index (κ3) is 7.34. The van der Waals surface area contributed by atoms with Crippen LogP contribution in [-0.2, 0) is 25.7 Å². The van der Waals surface area contributed by atoms with E-state index in [1.165, 1.54) is 7.11 Å². The minimum absolute atomic E-state index is 0.0318. The van der Waals surface area contributed by atoms with Gasteiger partial charge in [0.05, 0.1) is 49.8 Å². The summed E-state index contributed by atoms with van der Waals surface area (Å²) in [5.41, 5.74) is 3.90. The highest BCUT2D eigenvalue weighted by molar-refractivity contribution is 5.58. The highest BCUT2D eigenvalue weighted by atomic mass is 16.5. The van der Waals surface area contributed by atoms with Gasteiger partial charge in [-0.2, -0.15) is 0 Å². The first-order valence-electron chi connectivity index (χ1n) is 14.1. The van der Waals surface area contributed by atoms with E-state index in [4.69, 9.17) is 37.9 Å². The lowest BCUT2D eigenvalue weighted by Gasteiger charge is -2.18. The SMILES string of the molecule is COc1cccc(CCc2cc(Oc3cc(CCc4cc(OC)c(OC)c(OC)c4)cc(O)c3OC)c(OC)cc2OC)c1. The van der Waals surface area contributed by atoms with Crippen molar-refractivity contribution >= 4 is 0 Å². The summed E-state index contributed by atoms with van der Waals surface area (Å²) < 4.78 is 45.1. The molecule has 4 aromatic rings. The van der Waals surface area contributed by atoms with Crippen molar-refractivity contribution in [3.8, 4) is 57.5 Å². The zero-order chi connectivity index (χ0) is 31.6. The second-order valence-electron chi connectivity index (χ2n) is 9.95. The second kappa shape index (κ2) is 15.0. The molecular formula is C35H40O9. The quantitative estimate of drug-likeness (QED) is 0.157. The fourth-order valence-electron chi connectivity index (χ4n) is 5.07. The Kier molecular flexibility index (Phi) is 10.9. The van der Waals surface area contributed by atoms with Crippen molar-refractivity contribution in [2.75, 3.05) is 49.8 Å². The first kappa shape index (κ1) is 32.0. The maximum atomic E-state index is 10.9. The minimum atomic E-state index is -0.0318. The molecule has 9 heteroatoms. The summed E-state index contributed by atoms with van der Waals surface area (Å²) in [6.07, 6.45) is 2.69. The van der Waals surface area contributed by atoms with Gasteiger partial charge < -0.3 is 43.0 Å². The maximum Gasteiger partial charge on any atom is 0.203 e. The Labute approximate surface area is 258 Å². The van der Waals surface area contributed by atoms with E-state index in [1.807, 2.05) is 42.5 Å². The smallest absolute Gasteiger partial charge is 0.203 e. The molecule has 0 spiro atoms. The standard InChI is InChI=1S/C35H40O9/c1-37-26-10-8-9-22(15-26)13-14-25-20-30(29(39-3)21-28(25)38-2)44-33-19-23(16-27(36)34(33)42-6)11-12-24-17-31(40-4)35(43-7)32(18-24)41-5/h8-10,15-21,36H,11-14H2,1-7H3. The van der Waals surface area contributed by atoms with E-state index in [-0.39, 0.29) is 11.5 Å². The van der Waals surface area contributed by atoms with E-state index >= 15 is 0 Å². The summed E-state index contributed by atoms with van der Waals surface area (Å²) in [5.74, 6) is 4.69. The number of hydrogen-bond acceptors (Lipinski definition) is 9. The van der Waals surface area contributed by atoms with Crippen LogP contribution in [0.2, 0.25) is 0 Å². The molecule has 4 aromatic carbocycles. The number of methoxy groups -OCH3 is 7. The van der Waals surface area contributed by atoms with Gasteiger partial charge in [0.1, 0.15) is 11.5 Å². The molecule has 4 rings (SSSR count). The van der Waals surface area contributed by atoms with Crippen LogP contribution in [0.25, 0.3) is 0 Å². The number of hydrogen-bond donors (Lipinski definition) is 1. The van der Waals surface area contributed by atoms with Crippen LogP contribution < -0.4 is 37.9 Å². The lowest BCUT2D eigenvalue weighted by atomic mass is 10.0. The topological polar surface area (TPSA) is 94.1 Å². The summed E-state index contributed by atoms with van der Waals surface area (Å²) in [5, 5.41) is 10.9. The first-order chi connectivity index (χ1) is 21.4. The molecule has 0 saturated carbocycles. The molecule has 0 amide bonds. The molecule has 234 valence electrons. The monoisotopic (exact) mass is 604 g/mol. The zero-order valence-corrected chi connectivity index (χ0v) is 26.3.